The summed E-state index contributed by atoms with van der Waals surface area (Å²) < 4.78 is 42.9. The zero-order valence-corrected chi connectivity index (χ0v) is 61.8. The van der Waals surface area contributed by atoms with Crippen LogP contribution in [-0.2, 0) is 74.5 Å². The fraction of sp³-hybridized carbons (Fsp3) is 0.407. The number of nitrogens with zero attached hydrogens (tertiary/aromatic N) is 9. The van der Waals surface area contributed by atoms with Crippen LogP contribution in [0.4, 0.5) is 17.1 Å². The molecule has 3 N–H and O–H groups in total. The maximum Gasteiger partial charge on any atom is 0.336 e. The molecule has 6 aromatic carbocycles. The van der Waals surface area contributed by atoms with E-state index < -0.39 is 34.7 Å². The maximum absolute atomic E-state index is 13.6. The van der Waals surface area contributed by atoms with Gasteiger partial charge in [-0.25, -0.2) is 14.4 Å². The van der Waals surface area contributed by atoms with Crippen molar-refractivity contribution in [2.75, 3.05) is 76.3 Å². The van der Waals surface area contributed by atoms with Gasteiger partial charge >= 0.3 is 17.9 Å². The van der Waals surface area contributed by atoms with E-state index in [0.717, 1.165) is 84.6 Å². The Bertz CT molecular complexity index is 4300. The topological polar surface area (TPSA) is 230 Å². The van der Waals surface area contributed by atoms with E-state index >= 15 is 0 Å². The van der Waals surface area contributed by atoms with Gasteiger partial charge in [0.2, 0.25) is 0 Å². The SMILES string of the molecule is CC(C)COc1cccc(-c2cc(COC(C)(C)C(=O)O)nn2Cc2ccc(N(C)CCC(C)(OCc3cc(-c4cccc(OCC(C)C)c4)n(Cc4cc(CC(C)(OCc5cc(-c6cccc(OCC(C)C)c6)n(Cc6ccccc6N(C)C)n5)C(=O)O)cc(N(C)C)c4)n3)C(=O)O)cc2)c1. The van der Waals surface area contributed by atoms with Crippen LogP contribution in [0.25, 0.3) is 33.8 Å². The predicted molar refractivity (Wildman–Crippen MR) is 399 cm³/mol. The first kappa shape index (κ1) is 76.2. The second-order valence-corrected chi connectivity index (χ2v) is 28.9. The summed E-state index contributed by atoms with van der Waals surface area (Å²) in [4.78, 5) is 44.8. The Hall–Kier alpha value is -9.96. The molecule has 21 heteroatoms. The molecular formula is C81H101N9O12. The van der Waals surface area contributed by atoms with Crippen LogP contribution >= 0.6 is 0 Å². The third kappa shape index (κ3) is 20.4. The Morgan fingerprint density at radius 3 is 1.31 bits per heavy atom. The maximum atomic E-state index is 13.6. The molecule has 0 aliphatic carbocycles. The Morgan fingerprint density at radius 1 is 0.441 bits per heavy atom. The van der Waals surface area contributed by atoms with Gasteiger partial charge in [0.25, 0.3) is 0 Å². The number of hydrogen-bond donors (Lipinski definition) is 3. The highest BCUT2D eigenvalue weighted by Gasteiger charge is 2.37. The van der Waals surface area contributed by atoms with Crippen LogP contribution in [0, 0.1) is 17.8 Å². The van der Waals surface area contributed by atoms with E-state index in [4.69, 9.17) is 43.7 Å². The normalized spacial score (nSPS) is 12.9. The first-order valence-corrected chi connectivity index (χ1v) is 34.8. The van der Waals surface area contributed by atoms with Gasteiger partial charge in [0.1, 0.15) is 17.2 Å². The smallest absolute Gasteiger partial charge is 0.336 e. The summed E-state index contributed by atoms with van der Waals surface area (Å²) in [5.74, 6) is -0.205. The van der Waals surface area contributed by atoms with Gasteiger partial charge in [-0.2, -0.15) is 15.3 Å². The molecule has 0 amide bonds. The summed E-state index contributed by atoms with van der Waals surface area (Å²) in [6, 6.07) is 51.5. The molecule has 0 fully saturated rings. The molecule has 0 spiro atoms. The van der Waals surface area contributed by atoms with Crippen molar-refractivity contribution in [2.24, 2.45) is 17.8 Å². The second-order valence-electron chi connectivity index (χ2n) is 28.9. The van der Waals surface area contributed by atoms with Gasteiger partial charge in [0.05, 0.1) is 93.4 Å². The fourth-order valence-corrected chi connectivity index (χ4v) is 11.5. The number of para-hydroxylation sites is 1. The number of hydrogen-bond acceptors (Lipinski definition) is 15. The lowest BCUT2D eigenvalue weighted by atomic mass is 9.94. The quantitative estimate of drug-likeness (QED) is 0.0327. The van der Waals surface area contributed by atoms with Gasteiger partial charge in [-0.05, 0) is 153 Å². The molecule has 0 bridgehead atoms. The lowest BCUT2D eigenvalue weighted by Gasteiger charge is -2.28. The molecule has 542 valence electrons. The van der Waals surface area contributed by atoms with Crippen LogP contribution in [0.1, 0.15) is 115 Å². The molecule has 0 aliphatic heterocycles. The average molecular weight is 1390 g/mol. The number of aliphatic carboxylic acids is 3. The summed E-state index contributed by atoms with van der Waals surface area (Å²) in [7, 11) is 9.80. The summed E-state index contributed by atoms with van der Waals surface area (Å²) in [5.41, 5.74) is 8.17. The lowest BCUT2D eigenvalue weighted by molar-refractivity contribution is -0.166. The summed E-state index contributed by atoms with van der Waals surface area (Å²) >= 11 is 0. The standard InChI is InChI=1S/C81H101N9O12/c1-54(2)48-97-69-25-18-22-60(38-69)73-41-64(51-100-79(7,8)76(91)92)82-88(73)45-57-29-31-67(32-30-57)87(15)34-33-80(9,77(93)94)101-52-65-42-74(61-23-19-26-70(39-61)98-49-55(3)4)89(83-65)46-59-35-58(36-68(37-59)85(11)12)44-81(10,78(95)96)102-53-66-43-75(62-24-20-27-71(40-62)99-50-56(5)6)90(84-66)47-63-21-16-17-28-72(63)86(13)14/h16-32,35-43,54-56H,33-34,44-53H2,1-15H3,(H,91,92)(H,93,94)(H,95,96). The summed E-state index contributed by atoms with van der Waals surface area (Å²) in [6.45, 7) is 21.6. The zero-order chi connectivity index (χ0) is 73.6. The number of benzene rings is 6. The second kappa shape index (κ2) is 33.7. The van der Waals surface area contributed by atoms with Gasteiger partial charge in [0.15, 0.2) is 16.8 Å². The summed E-state index contributed by atoms with van der Waals surface area (Å²) in [5, 5.41) is 46.7. The third-order valence-corrected chi connectivity index (χ3v) is 17.6. The van der Waals surface area contributed by atoms with Crippen LogP contribution in [0.3, 0.4) is 0 Å². The number of anilines is 3. The van der Waals surface area contributed by atoms with E-state index in [2.05, 4.69) is 58.6 Å². The fourth-order valence-electron chi connectivity index (χ4n) is 11.5. The van der Waals surface area contributed by atoms with Crippen molar-refractivity contribution in [2.45, 2.75) is 138 Å². The number of aromatic nitrogens is 6. The molecule has 0 aliphatic rings. The van der Waals surface area contributed by atoms with Gasteiger partial charge < -0.3 is 58.4 Å². The van der Waals surface area contributed by atoms with Crippen molar-refractivity contribution in [3.05, 3.63) is 197 Å². The largest absolute Gasteiger partial charge is 0.493 e. The minimum absolute atomic E-state index is 0.0109. The molecule has 102 heavy (non-hydrogen) atoms. The molecule has 0 saturated carbocycles. The number of carboxylic acids is 3. The number of ether oxygens (including phenoxy) is 6. The first-order valence-electron chi connectivity index (χ1n) is 34.8. The Morgan fingerprint density at radius 2 is 0.873 bits per heavy atom. The molecule has 9 rings (SSSR count). The highest BCUT2D eigenvalue weighted by atomic mass is 16.5. The monoisotopic (exact) mass is 1390 g/mol. The van der Waals surface area contributed by atoms with E-state index in [-0.39, 0.29) is 45.1 Å². The van der Waals surface area contributed by atoms with E-state index in [1.165, 1.54) is 13.8 Å². The molecule has 2 atom stereocenters. The van der Waals surface area contributed by atoms with Crippen molar-refractivity contribution < 1.29 is 58.1 Å². The van der Waals surface area contributed by atoms with Crippen molar-refractivity contribution in [3.8, 4) is 51.0 Å². The average Bonchev–Trinajstić information content (AvgIpc) is 1.61. The molecule has 9 aromatic rings. The Balaban J connectivity index is 0.930. The van der Waals surface area contributed by atoms with Gasteiger partial charge in [-0.3, -0.25) is 14.0 Å². The van der Waals surface area contributed by atoms with E-state index in [1.54, 1.807) is 13.8 Å². The zero-order valence-electron chi connectivity index (χ0n) is 61.8. The molecule has 2 unspecified atom stereocenters. The van der Waals surface area contributed by atoms with E-state index in [9.17, 15) is 29.7 Å². The van der Waals surface area contributed by atoms with Crippen LogP contribution in [0.2, 0.25) is 0 Å². The highest BCUT2D eigenvalue weighted by molar-refractivity contribution is 5.78. The molecule has 0 saturated heterocycles. The molecule has 3 aromatic heterocycles. The van der Waals surface area contributed by atoms with Gasteiger partial charge in [-0.1, -0.05) is 114 Å². The van der Waals surface area contributed by atoms with E-state index in [1.807, 2.05) is 205 Å². The van der Waals surface area contributed by atoms with Gasteiger partial charge in [0, 0.05) is 88.4 Å². The molecule has 3 heterocycles. The lowest BCUT2D eigenvalue weighted by Crippen LogP contribution is -2.41. The number of rotatable bonds is 38. The van der Waals surface area contributed by atoms with Crippen LogP contribution in [0.15, 0.2) is 158 Å². The Kier molecular flexibility index (Phi) is 25.2. The first-order chi connectivity index (χ1) is 48.4. The number of carboxylic acid groups (broad SMARTS) is 3. The predicted octanol–water partition coefficient (Wildman–Crippen LogP) is 14.5. The van der Waals surface area contributed by atoms with Crippen molar-refractivity contribution in [1.82, 2.24) is 29.3 Å². The van der Waals surface area contributed by atoms with Crippen molar-refractivity contribution in [3.63, 3.8) is 0 Å². The highest BCUT2D eigenvalue weighted by Crippen LogP contribution is 2.34. The van der Waals surface area contributed by atoms with E-state index in [0.29, 0.717) is 74.1 Å². The van der Waals surface area contributed by atoms with Crippen molar-refractivity contribution in [1.29, 1.82) is 0 Å². The minimum atomic E-state index is -1.69. The Labute approximate surface area is 600 Å². The number of carbonyl (C=O) groups is 3. The van der Waals surface area contributed by atoms with Crippen LogP contribution in [0.5, 0.6) is 17.2 Å². The summed E-state index contributed by atoms with van der Waals surface area (Å²) in [6.07, 6.45) is 0.140. The molecule has 0 radical (unpaired) electrons. The third-order valence-electron chi connectivity index (χ3n) is 17.6. The van der Waals surface area contributed by atoms with Crippen LogP contribution < -0.4 is 28.9 Å². The van der Waals surface area contributed by atoms with Crippen LogP contribution in [-0.4, -0.2) is 141 Å². The minimum Gasteiger partial charge on any atom is -0.493 e. The molecular weight excluding hydrogens is 1290 g/mol. The van der Waals surface area contributed by atoms with Gasteiger partial charge in [-0.15, -0.1) is 0 Å². The molecule has 21 nitrogen and oxygen atoms in total. The van der Waals surface area contributed by atoms with Crippen molar-refractivity contribution >= 4 is 35.0 Å².